The van der Waals surface area contributed by atoms with E-state index >= 15 is 0 Å². The molecule has 0 aliphatic carbocycles. The van der Waals surface area contributed by atoms with Gasteiger partial charge in [0.1, 0.15) is 5.38 Å². The van der Waals surface area contributed by atoms with E-state index < -0.39 is 0 Å². The molecule has 0 aliphatic rings. The molecule has 0 spiro atoms. The molecule has 1 unspecified atom stereocenters. The van der Waals surface area contributed by atoms with Gasteiger partial charge in [-0.2, -0.15) is 0 Å². The summed E-state index contributed by atoms with van der Waals surface area (Å²) in [5.41, 5.74) is 0. The Labute approximate surface area is 79.7 Å². The number of rotatable bonds is 6. The highest BCUT2D eigenvalue weighted by Crippen LogP contribution is 2.07. The van der Waals surface area contributed by atoms with Gasteiger partial charge in [0.15, 0.2) is 0 Å². The van der Waals surface area contributed by atoms with Crippen LogP contribution in [0.4, 0.5) is 0 Å². The predicted molar refractivity (Wildman–Crippen MR) is 52.5 cm³/mol. The summed E-state index contributed by atoms with van der Waals surface area (Å²) in [4.78, 5) is 11.2. The topological polar surface area (TPSA) is 29.1 Å². The molecule has 0 rings (SSSR count). The third-order valence-corrected chi connectivity index (χ3v) is 2.06. The van der Waals surface area contributed by atoms with E-state index in [1.165, 1.54) is 0 Å². The Bertz CT molecular complexity index is 128. The number of nitrogens with one attached hydrogen (secondary N) is 1. The van der Waals surface area contributed by atoms with E-state index in [4.69, 9.17) is 11.6 Å². The van der Waals surface area contributed by atoms with E-state index in [2.05, 4.69) is 12.2 Å². The minimum absolute atomic E-state index is 0.0213. The lowest BCUT2D eigenvalue weighted by molar-refractivity contribution is -0.120. The lowest BCUT2D eigenvalue weighted by Crippen LogP contribution is -2.31. The average molecular weight is 192 g/mol. The number of unbranched alkanes of at least 4 members (excludes halogenated alkanes) is 1. The Morgan fingerprint density at radius 3 is 2.58 bits per heavy atom. The van der Waals surface area contributed by atoms with Gasteiger partial charge in [-0.15, -0.1) is 11.6 Å². The van der Waals surface area contributed by atoms with Crippen molar-refractivity contribution in [2.75, 3.05) is 6.54 Å². The molecule has 0 saturated heterocycles. The molecule has 0 aromatic heterocycles. The Morgan fingerprint density at radius 2 is 2.08 bits per heavy atom. The van der Waals surface area contributed by atoms with Crippen LogP contribution in [0, 0.1) is 0 Å². The summed E-state index contributed by atoms with van der Waals surface area (Å²) in [5, 5.41) is 2.43. The molecule has 2 nitrogen and oxygen atoms in total. The fourth-order valence-corrected chi connectivity index (χ4v) is 1.10. The molecule has 0 heterocycles. The molecule has 0 aromatic rings. The van der Waals surface area contributed by atoms with Crippen LogP contribution in [-0.2, 0) is 4.79 Å². The minimum atomic E-state index is -0.337. The fourth-order valence-electron chi connectivity index (χ4n) is 0.873. The van der Waals surface area contributed by atoms with E-state index in [9.17, 15) is 4.79 Å². The summed E-state index contributed by atoms with van der Waals surface area (Å²) in [7, 11) is 0. The van der Waals surface area contributed by atoms with Crippen LogP contribution in [0.1, 0.15) is 39.5 Å². The van der Waals surface area contributed by atoms with Gasteiger partial charge >= 0.3 is 0 Å². The SMILES string of the molecule is CCCCC(Cl)C(=O)NCCC. The number of carbonyl (C=O) groups is 1. The number of carbonyl (C=O) groups excluding carboxylic acids is 1. The van der Waals surface area contributed by atoms with E-state index in [-0.39, 0.29) is 11.3 Å². The maximum absolute atomic E-state index is 11.2. The van der Waals surface area contributed by atoms with Crippen LogP contribution in [0.25, 0.3) is 0 Å². The van der Waals surface area contributed by atoms with Crippen LogP contribution in [0.2, 0.25) is 0 Å². The Hall–Kier alpha value is -0.240. The molecule has 3 heteroatoms. The van der Waals surface area contributed by atoms with Crippen molar-refractivity contribution in [2.45, 2.75) is 44.9 Å². The van der Waals surface area contributed by atoms with Crippen LogP contribution < -0.4 is 5.32 Å². The molecule has 12 heavy (non-hydrogen) atoms. The number of hydrogen-bond donors (Lipinski definition) is 1. The van der Waals surface area contributed by atoms with Gasteiger partial charge in [-0.05, 0) is 12.8 Å². The smallest absolute Gasteiger partial charge is 0.238 e. The van der Waals surface area contributed by atoms with E-state index in [0.29, 0.717) is 0 Å². The zero-order chi connectivity index (χ0) is 9.40. The van der Waals surface area contributed by atoms with Crippen molar-refractivity contribution in [2.24, 2.45) is 0 Å². The van der Waals surface area contributed by atoms with E-state index in [1.807, 2.05) is 6.92 Å². The zero-order valence-corrected chi connectivity index (χ0v) is 8.66. The minimum Gasteiger partial charge on any atom is -0.355 e. The molecular formula is C9H18ClNO. The summed E-state index contributed by atoms with van der Waals surface area (Å²) in [6.45, 7) is 4.84. The number of hydrogen-bond acceptors (Lipinski definition) is 1. The summed E-state index contributed by atoms with van der Waals surface area (Å²) < 4.78 is 0. The molecule has 1 atom stereocenters. The summed E-state index contributed by atoms with van der Waals surface area (Å²) in [6.07, 6.45) is 3.86. The standard InChI is InChI=1S/C9H18ClNO/c1-3-5-6-8(10)9(12)11-7-4-2/h8H,3-7H2,1-2H3,(H,11,12). The molecule has 0 bridgehead atoms. The number of amides is 1. The van der Waals surface area contributed by atoms with Gasteiger partial charge in [0.05, 0.1) is 0 Å². The fraction of sp³-hybridized carbons (Fsp3) is 0.889. The highest BCUT2D eigenvalue weighted by Gasteiger charge is 2.12. The van der Waals surface area contributed by atoms with Crippen molar-refractivity contribution >= 4 is 17.5 Å². The molecule has 0 fully saturated rings. The van der Waals surface area contributed by atoms with Crippen molar-refractivity contribution in [3.63, 3.8) is 0 Å². The number of alkyl halides is 1. The second kappa shape index (κ2) is 7.41. The first-order chi connectivity index (χ1) is 5.72. The van der Waals surface area contributed by atoms with Gasteiger partial charge in [-0.1, -0.05) is 26.7 Å². The Kier molecular flexibility index (Phi) is 7.26. The zero-order valence-electron chi connectivity index (χ0n) is 7.90. The summed E-state index contributed by atoms with van der Waals surface area (Å²) in [5.74, 6) is -0.0213. The molecular weight excluding hydrogens is 174 g/mol. The Morgan fingerprint density at radius 1 is 1.42 bits per heavy atom. The lowest BCUT2D eigenvalue weighted by atomic mass is 10.2. The highest BCUT2D eigenvalue weighted by molar-refractivity contribution is 6.30. The monoisotopic (exact) mass is 191 g/mol. The second-order valence-corrected chi connectivity index (χ2v) is 3.43. The van der Waals surface area contributed by atoms with Gasteiger partial charge in [0, 0.05) is 6.54 Å². The van der Waals surface area contributed by atoms with Gasteiger partial charge in [0.25, 0.3) is 0 Å². The van der Waals surface area contributed by atoms with Gasteiger partial charge < -0.3 is 5.32 Å². The van der Waals surface area contributed by atoms with Gasteiger partial charge in [-0.3, -0.25) is 4.79 Å². The third kappa shape index (κ3) is 5.42. The maximum Gasteiger partial charge on any atom is 0.238 e. The molecule has 0 radical (unpaired) electrons. The number of halogens is 1. The van der Waals surface area contributed by atoms with Crippen molar-refractivity contribution in [3.05, 3.63) is 0 Å². The largest absolute Gasteiger partial charge is 0.355 e. The normalized spacial score (nSPS) is 12.6. The van der Waals surface area contributed by atoms with Crippen LogP contribution in [0.5, 0.6) is 0 Å². The van der Waals surface area contributed by atoms with Crippen molar-refractivity contribution < 1.29 is 4.79 Å². The molecule has 1 N–H and O–H groups in total. The highest BCUT2D eigenvalue weighted by atomic mass is 35.5. The summed E-state index contributed by atoms with van der Waals surface area (Å²) in [6, 6.07) is 0. The lowest BCUT2D eigenvalue weighted by Gasteiger charge is -2.08. The molecule has 0 aromatic carbocycles. The van der Waals surface area contributed by atoms with Crippen molar-refractivity contribution in [1.82, 2.24) is 5.32 Å². The third-order valence-electron chi connectivity index (χ3n) is 1.64. The molecule has 1 amide bonds. The van der Waals surface area contributed by atoms with Crippen LogP contribution in [-0.4, -0.2) is 17.8 Å². The first-order valence-electron chi connectivity index (χ1n) is 4.64. The second-order valence-electron chi connectivity index (χ2n) is 2.90. The average Bonchev–Trinajstić information content (AvgIpc) is 2.10. The van der Waals surface area contributed by atoms with E-state index in [0.717, 1.165) is 32.2 Å². The first-order valence-corrected chi connectivity index (χ1v) is 5.07. The Balaban J connectivity index is 3.47. The molecule has 72 valence electrons. The van der Waals surface area contributed by atoms with Gasteiger partial charge in [0.2, 0.25) is 5.91 Å². The maximum atomic E-state index is 11.2. The summed E-state index contributed by atoms with van der Waals surface area (Å²) >= 11 is 5.83. The van der Waals surface area contributed by atoms with Crippen LogP contribution in [0.3, 0.4) is 0 Å². The van der Waals surface area contributed by atoms with E-state index in [1.54, 1.807) is 0 Å². The van der Waals surface area contributed by atoms with Crippen molar-refractivity contribution in [3.8, 4) is 0 Å². The quantitative estimate of drug-likeness (QED) is 0.642. The first kappa shape index (κ1) is 11.8. The predicted octanol–water partition coefficient (Wildman–Crippen LogP) is 2.31. The molecule has 0 aliphatic heterocycles. The van der Waals surface area contributed by atoms with Crippen LogP contribution in [0.15, 0.2) is 0 Å². The molecule has 0 saturated carbocycles. The van der Waals surface area contributed by atoms with Crippen LogP contribution >= 0.6 is 11.6 Å². The van der Waals surface area contributed by atoms with Crippen molar-refractivity contribution in [1.29, 1.82) is 0 Å². The van der Waals surface area contributed by atoms with Gasteiger partial charge in [-0.25, -0.2) is 0 Å².